The van der Waals surface area contributed by atoms with Gasteiger partial charge in [-0.2, -0.15) is 0 Å². The third kappa shape index (κ3) is 1.88. The molecule has 2 atom stereocenters. The van der Waals surface area contributed by atoms with E-state index in [-0.39, 0.29) is 11.9 Å². The SMILES string of the molecule is Cc1ccc2nc3c(cc2c1)C(O)NC(=O)C1CCCN31. The third-order valence-corrected chi connectivity index (χ3v) is 4.38. The van der Waals surface area contributed by atoms with Gasteiger partial charge in [0.15, 0.2) is 6.23 Å². The van der Waals surface area contributed by atoms with Gasteiger partial charge in [-0.15, -0.1) is 0 Å². The Kier molecular flexibility index (Phi) is 2.65. The Labute approximate surface area is 122 Å². The summed E-state index contributed by atoms with van der Waals surface area (Å²) in [4.78, 5) is 18.9. The fraction of sp³-hybridized carbons (Fsp3) is 0.375. The number of anilines is 1. The summed E-state index contributed by atoms with van der Waals surface area (Å²) in [6.45, 7) is 2.84. The predicted octanol–water partition coefficient (Wildman–Crippen LogP) is 1.63. The van der Waals surface area contributed by atoms with Crippen LogP contribution in [0, 0.1) is 6.92 Å². The number of amides is 1. The number of benzene rings is 1. The van der Waals surface area contributed by atoms with Gasteiger partial charge >= 0.3 is 0 Å². The number of nitrogens with zero attached hydrogens (tertiary/aromatic N) is 2. The maximum absolute atomic E-state index is 12.2. The van der Waals surface area contributed by atoms with Crippen LogP contribution in [0.15, 0.2) is 24.3 Å². The molecule has 1 fully saturated rings. The van der Waals surface area contributed by atoms with Crippen LogP contribution in [-0.2, 0) is 4.79 Å². The van der Waals surface area contributed by atoms with Crippen molar-refractivity contribution < 1.29 is 9.90 Å². The van der Waals surface area contributed by atoms with E-state index in [1.54, 1.807) is 0 Å². The zero-order valence-corrected chi connectivity index (χ0v) is 11.8. The van der Waals surface area contributed by atoms with Crippen LogP contribution in [-0.4, -0.2) is 28.6 Å². The lowest BCUT2D eigenvalue weighted by Crippen LogP contribution is -2.41. The van der Waals surface area contributed by atoms with E-state index in [9.17, 15) is 9.90 Å². The van der Waals surface area contributed by atoms with Crippen LogP contribution >= 0.6 is 0 Å². The van der Waals surface area contributed by atoms with Gasteiger partial charge in [0, 0.05) is 17.5 Å². The molecule has 2 aliphatic heterocycles. The Morgan fingerprint density at radius 1 is 1.38 bits per heavy atom. The molecular weight excluding hydrogens is 266 g/mol. The molecule has 4 rings (SSSR count). The first-order valence-electron chi connectivity index (χ1n) is 7.30. The summed E-state index contributed by atoms with van der Waals surface area (Å²) in [6, 6.07) is 7.79. The fourth-order valence-corrected chi connectivity index (χ4v) is 3.33. The maximum atomic E-state index is 12.2. The average Bonchev–Trinajstić information content (AvgIpc) is 2.91. The summed E-state index contributed by atoms with van der Waals surface area (Å²) in [6.07, 6.45) is 0.794. The summed E-state index contributed by atoms with van der Waals surface area (Å²) in [5, 5.41) is 14.0. The number of carbonyl (C=O) groups is 1. The molecule has 1 aromatic heterocycles. The molecule has 5 nitrogen and oxygen atoms in total. The standard InChI is InChI=1S/C16H17N3O2/c1-9-4-5-12-10(7-9)8-11-14(17-12)19-6-2-3-13(19)16(21)18-15(11)20/h4-5,7-8,13,15,20H,2-3,6H2,1H3,(H,18,21). The molecule has 5 heteroatoms. The summed E-state index contributed by atoms with van der Waals surface area (Å²) >= 11 is 0. The molecule has 3 heterocycles. The first-order valence-corrected chi connectivity index (χ1v) is 7.30. The highest BCUT2D eigenvalue weighted by atomic mass is 16.3. The van der Waals surface area contributed by atoms with E-state index in [0.717, 1.165) is 41.7 Å². The number of rotatable bonds is 0. The van der Waals surface area contributed by atoms with E-state index in [4.69, 9.17) is 4.98 Å². The topological polar surface area (TPSA) is 65.5 Å². The lowest BCUT2D eigenvalue weighted by atomic mass is 10.1. The number of aliphatic hydroxyl groups is 1. The number of pyridine rings is 1. The zero-order valence-electron chi connectivity index (χ0n) is 11.8. The van der Waals surface area contributed by atoms with Gasteiger partial charge in [0.05, 0.1) is 5.52 Å². The molecule has 2 unspecified atom stereocenters. The molecule has 21 heavy (non-hydrogen) atoms. The largest absolute Gasteiger partial charge is 0.369 e. The van der Waals surface area contributed by atoms with Crippen LogP contribution in [0.2, 0.25) is 0 Å². The quantitative estimate of drug-likeness (QED) is 0.771. The van der Waals surface area contributed by atoms with Crippen molar-refractivity contribution >= 4 is 22.6 Å². The van der Waals surface area contributed by atoms with E-state index in [2.05, 4.69) is 5.32 Å². The molecule has 0 spiro atoms. The molecule has 108 valence electrons. The number of aromatic nitrogens is 1. The van der Waals surface area contributed by atoms with Crippen molar-refractivity contribution in [1.82, 2.24) is 10.3 Å². The van der Waals surface area contributed by atoms with Crippen LogP contribution in [0.4, 0.5) is 5.82 Å². The van der Waals surface area contributed by atoms with Gasteiger partial charge in [0.1, 0.15) is 11.9 Å². The highest BCUT2D eigenvalue weighted by Gasteiger charge is 2.38. The van der Waals surface area contributed by atoms with E-state index < -0.39 is 6.23 Å². The number of fused-ring (bicyclic) bond motifs is 4. The van der Waals surface area contributed by atoms with Crippen molar-refractivity contribution in [2.75, 3.05) is 11.4 Å². The lowest BCUT2D eigenvalue weighted by Gasteiger charge is -2.23. The molecule has 0 saturated carbocycles. The van der Waals surface area contributed by atoms with Crippen LogP contribution in [0.5, 0.6) is 0 Å². The van der Waals surface area contributed by atoms with Gasteiger partial charge in [-0.05, 0) is 38.0 Å². The van der Waals surface area contributed by atoms with Crippen molar-refractivity contribution in [3.8, 4) is 0 Å². The van der Waals surface area contributed by atoms with Gasteiger partial charge in [-0.25, -0.2) is 4.98 Å². The van der Waals surface area contributed by atoms with Crippen molar-refractivity contribution in [2.45, 2.75) is 32.0 Å². The first kappa shape index (κ1) is 12.6. The molecule has 0 bridgehead atoms. The van der Waals surface area contributed by atoms with Gasteiger partial charge in [0.2, 0.25) is 5.91 Å². The molecule has 0 radical (unpaired) electrons. The summed E-state index contributed by atoms with van der Waals surface area (Å²) in [5.41, 5.74) is 2.73. The monoisotopic (exact) mass is 283 g/mol. The Bertz CT molecular complexity index is 744. The highest BCUT2D eigenvalue weighted by Crippen LogP contribution is 2.35. The number of nitrogens with one attached hydrogen (secondary N) is 1. The molecule has 1 saturated heterocycles. The maximum Gasteiger partial charge on any atom is 0.245 e. The molecule has 2 aromatic rings. The Hall–Kier alpha value is -2.14. The first-order chi connectivity index (χ1) is 10.1. The van der Waals surface area contributed by atoms with E-state index in [1.807, 2.05) is 36.1 Å². The zero-order chi connectivity index (χ0) is 14.6. The van der Waals surface area contributed by atoms with E-state index in [0.29, 0.717) is 5.56 Å². The van der Waals surface area contributed by atoms with E-state index in [1.165, 1.54) is 0 Å². The van der Waals surface area contributed by atoms with Crippen LogP contribution in [0.1, 0.15) is 30.2 Å². The Morgan fingerprint density at radius 2 is 2.24 bits per heavy atom. The summed E-state index contributed by atoms with van der Waals surface area (Å²) in [5.74, 6) is 0.623. The number of hydrogen-bond donors (Lipinski definition) is 2. The molecule has 2 N–H and O–H groups in total. The van der Waals surface area contributed by atoms with Crippen molar-refractivity contribution in [1.29, 1.82) is 0 Å². The lowest BCUT2D eigenvalue weighted by molar-refractivity contribution is -0.124. The van der Waals surface area contributed by atoms with Crippen molar-refractivity contribution in [2.24, 2.45) is 0 Å². The second kappa shape index (κ2) is 4.43. The Balaban J connectivity index is 1.96. The van der Waals surface area contributed by atoms with E-state index >= 15 is 0 Å². The Morgan fingerprint density at radius 3 is 3.10 bits per heavy atom. The van der Waals surface area contributed by atoms with Crippen LogP contribution < -0.4 is 10.2 Å². The van der Waals surface area contributed by atoms with Crippen molar-refractivity contribution in [3.63, 3.8) is 0 Å². The van der Waals surface area contributed by atoms with Crippen LogP contribution in [0.25, 0.3) is 10.9 Å². The van der Waals surface area contributed by atoms with Gasteiger partial charge in [-0.3, -0.25) is 4.79 Å². The predicted molar refractivity (Wildman–Crippen MR) is 80.0 cm³/mol. The van der Waals surface area contributed by atoms with Crippen LogP contribution in [0.3, 0.4) is 0 Å². The summed E-state index contributed by atoms with van der Waals surface area (Å²) in [7, 11) is 0. The number of carbonyl (C=O) groups excluding carboxylic acids is 1. The second-order valence-electron chi connectivity index (χ2n) is 5.86. The number of aliphatic hydroxyl groups excluding tert-OH is 1. The fourth-order valence-electron chi connectivity index (χ4n) is 3.33. The average molecular weight is 283 g/mol. The normalized spacial score (nSPS) is 24.5. The molecular formula is C16H17N3O2. The van der Waals surface area contributed by atoms with Gasteiger partial charge in [0.25, 0.3) is 0 Å². The molecule has 2 aliphatic rings. The minimum absolute atomic E-state index is 0.113. The molecule has 0 aliphatic carbocycles. The molecule has 1 amide bonds. The van der Waals surface area contributed by atoms with Crippen molar-refractivity contribution in [3.05, 3.63) is 35.4 Å². The number of aryl methyl sites for hydroxylation is 1. The van der Waals surface area contributed by atoms with Gasteiger partial charge < -0.3 is 15.3 Å². The third-order valence-electron chi connectivity index (χ3n) is 4.38. The molecule has 1 aromatic carbocycles. The second-order valence-corrected chi connectivity index (χ2v) is 5.86. The number of hydrogen-bond acceptors (Lipinski definition) is 4. The highest BCUT2D eigenvalue weighted by molar-refractivity contribution is 5.90. The minimum atomic E-state index is -0.990. The minimum Gasteiger partial charge on any atom is -0.369 e. The smallest absolute Gasteiger partial charge is 0.245 e. The van der Waals surface area contributed by atoms with Gasteiger partial charge in [-0.1, -0.05) is 11.6 Å². The summed E-state index contributed by atoms with van der Waals surface area (Å²) < 4.78 is 0.